The van der Waals surface area contributed by atoms with Gasteiger partial charge in [0.05, 0.1) is 12.6 Å². The Morgan fingerprint density at radius 2 is 1.87 bits per heavy atom. The topological polar surface area (TPSA) is 186 Å². The number of carbonyl (C=O) groups excluding carboxylic acids is 5. The highest BCUT2D eigenvalue weighted by atomic mass is 16.7. The lowest BCUT2D eigenvalue weighted by atomic mass is 9.85. The number of likely N-dealkylation sites (tertiary alicyclic amines) is 1. The smallest absolute Gasteiger partial charge is 0.408 e. The van der Waals surface area contributed by atoms with Crippen molar-refractivity contribution in [2.75, 3.05) is 6.54 Å². The van der Waals surface area contributed by atoms with Crippen LogP contribution in [0.3, 0.4) is 0 Å². The summed E-state index contributed by atoms with van der Waals surface area (Å²) in [6, 6.07) is -3.19. The molecule has 0 bridgehead atoms. The van der Waals surface area contributed by atoms with Gasteiger partial charge in [-0.1, -0.05) is 34.1 Å². The second-order valence-corrected chi connectivity index (χ2v) is 13.5. The summed E-state index contributed by atoms with van der Waals surface area (Å²) in [6.45, 7) is 7.27. The van der Waals surface area contributed by atoms with Crippen LogP contribution in [-0.2, 0) is 28.8 Å². The molecule has 2 saturated carbocycles. The summed E-state index contributed by atoms with van der Waals surface area (Å²) in [5.74, 6) is -2.09. The maximum Gasteiger partial charge on any atom is 0.408 e. The van der Waals surface area contributed by atoms with Gasteiger partial charge in [0.1, 0.15) is 36.4 Å². The van der Waals surface area contributed by atoms with Crippen LogP contribution >= 0.6 is 0 Å². The molecule has 15 nitrogen and oxygen atoms in total. The van der Waals surface area contributed by atoms with Gasteiger partial charge in [0.25, 0.3) is 5.91 Å². The highest BCUT2D eigenvalue weighted by Crippen LogP contribution is 2.37. The average Bonchev–Trinajstić information content (AvgIpc) is 3.46. The molecule has 5 rings (SSSR count). The zero-order chi connectivity index (χ0) is 32.4. The maximum atomic E-state index is 14.3. The normalized spacial score (nSPS) is 24.5. The third-order valence-corrected chi connectivity index (χ3v) is 8.66. The SMILES string of the molecule is CCC[C@H](NC(=O)[C@@H]1C[C@]2(C=C(n3cncn3)NO2)CN1C(=O)[C@@H](NC(=O)OC1CCCC1)C(C)(C)C)C(=O)C(=O)NC1CC1. The van der Waals surface area contributed by atoms with Crippen LogP contribution in [-0.4, -0.2) is 91.7 Å². The minimum atomic E-state index is -1.13. The number of amides is 4. The largest absolute Gasteiger partial charge is 0.446 e. The van der Waals surface area contributed by atoms with Gasteiger partial charge >= 0.3 is 6.09 Å². The molecule has 1 aromatic rings. The Balaban J connectivity index is 1.39. The van der Waals surface area contributed by atoms with E-state index < -0.39 is 58.7 Å². The Kier molecular flexibility index (Phi) is 9.46. The Morgan fingerprint density at radius 1 is 1.13 bits per heavy atom. The summed E-state index contributed by atoms with van der Waals surface area (Å²) in [5, 5.41) is 12.3. The van der Waals surface area contributed by atoms with E-state index in [1.165, 1.54) is 22.2 Å². The van der Waals surface area contributed by atoms with Crippen LogP contribution in [0, 0.1) is 5.41 Å². The van der Waals surface area contributed by atoms with Gasteiger partial charge < -0.3 is 25.6 Å². The van der Waals surface area contributed by atoms with E-state index in [0.29, 0.717) is 12.2 Å². The highest BCUT2D eigenvalue weighted by molar-refractivity contribution is 6.38. The van der Waals surface area contributed by atoms with Gasteiger partial charge in [0.15, 0.2) is 5.82 Å². The lowest BCUT2D eigenvalue weighted by molar-refractivity contribution is -0.144. The minimum Gasteiger partial charge on any atom is -0.446 e. The fourth-order valence-corrected chi connectivity index (χ4v) is 6.04. The first-order valence-electron chi connectivity index (χ1n) is 15.8. The van der Waals surface area contributed by atoms with Crippen LogP contribution < -0.4 is 21.4 Å². The summed E-state index contributed by atoms with van der Waals surface area (Å²) < 4.78 is 7.06. The number of rotatable bonds is 11. The standard InChI is InChI=1S/C30H44N8O7/c1-5-8-20(23(39)26(41)33-18-11-12-18)34-25(40)21-13-30(14-22(36-45-30)38-17-31-16-32-38)15-37(21)27(42)24(29(2,3)4)35-28(43)44-19-9-6-7-10-19/h14,16-21,24,36H,5-13,15H2,1-4H3,(H,33,41)(H,34,40)(H,35,43)/t20-,21-,24+,30-/m0/s1. The monoisotopic (exact) mass is 628 g/mol. The van der Waals surface area contributed by atoms with E-state index in [1.54, 1.807) is 6.08 Å². The second kappa shape index (κ2) is 13.2. The zero-order valence-corrected chi connectivity index (χ0v) is 26.3. The van der Waals surface area contributed by atoms with Gasteiger partial charge in [0.2, 0.25) is 17.6 Å². The molecule has 4 atom stereocenters. The molecule has 4 aliphatic rings. The van der Waals surface area contributed by atoms with Crippen molar-refractivity contribution in [3.8, 4) is 0 Å². The molecule has 1 saturated heterocycles. The van der Waals surface area contributed by atoms with Crippen LogP contribution in [0.2, 0.25) is 0 Å². The summed E-state index contributed by atoms with van der Waals surface area (Å²) in [6.07, 6.45) is 9.69. The molecule has 3 fully saturated rings. The van der Waals surface area contributed by atoms with Crippen LogP contribution in [0.25, 0.3) is 5.82 Å². The van der Waals surface area contributed by atoms with E-state index >= 15 is 0 Å². The molecule has 1 aromatic heterocycles. The predicted octanol–water partition coefficient (Wildman–Crippen LogP) is 1.17. The molecule has 1 spiro atoms. The van der Waals surface area contributed by atoms with E-state index in [0.717, 1.165) is 38.5 Å². The molecule has 3 heterocycles. The van der Waals surface area contributed by atoms with E-state index in [9.17, 15) is 24.0 Å². The number of nitrogens with zero attached hydrogens (tertiary/aromatic N) is 4. The molecular formula is C30H44N8O7. The number of carbonyl (C=O) groups is 5. The van der Waals surface area contributed by atoms with E-state index in [-0.39, 0.29) is 31.5 Å². The first-order chi connectivity index (χ1) is 21.4. The molecule has 0 radical (unpaired) electrons. The van der Waals surface area contributed by atoms with Gasteiger partial charge in [-0.15, -0.1) is 0 Å². The van der Waals surface area contributed by atoms with E-state index in [1.807, 2.05) is 27.7 Å². The molecular weight excluding hydrogens is 584 g/mol. The third kappa shape index (κ3) is 7.63. The van der Waals surface area contributed by atoms with Crippen LogP contribution in [0.5, 0.6) is 0 Å². The third-order valence-electron chi connectivity index (χ3n) is 8.66. The fraction of sp³-hybridized carbons (Fsp3) is 0.700. The first kappa shape index (κ1) is 32.4. The molecule has 0 aromatic carbocycles. The summed E-state index contributed by atoms with van der Waals surface area (Å²) in [5.41, 5.74) is 0.941. The highest BCUT2D eigenvalue weighted by Gasteiger charge is 2.54. The molecule has 246 valence electrons. The number of hydrogen-bond acceptors (Lipinski definition) is 10. The van der Waals surface area contributed by atoms with E-state index in [4.69, 9.17) is 9.57 Å². The number of hydroxylamine groups is 1. The quantitative estimate of drug-likeness (QED) is 0.259. The van der Waals surface area contributed by atoms with Gasteiger partial charge in [-0.3, -0.25) is 24.0 Å². The lowest BCUT2D eigenvalue weighted by Gasteiger charge is -2.35. The number of ether oxygens (including phenoxy) is 1. The number of aromatic nitrogens is 3. The first-order valence-corrected chi connectivity index (χ1v) is 15.8. The van der Waals surface area contributed by atoms with Gasteiger partial charge in [0, 0.05) is 12.5 Å². The number of Topliss-reactive ketones (excluding diaryl/α,β-unsaturated/α-hetero) is 1. The van der Waals surface area contributed by atoms with Crippen molar-refractivity contribution in [2.24, 2.45) is 5.41 Å². The minimum absolute atomic E-state index is 0.0117. The predicted molar refractivity (Wildman–Crippen MR) is 159 cm³/mol. The van der Waals surface area contributed by atoms with Crippen LogP contribution in [0.1, 0.15) is 85.5 Å². The summed E-state index contributed by atoms with van der Waals surface area (Å²) >= 11 is 0. The number of nitrogens with one attached hydrogen (secondary N) is 4. The number of ketones is 1. The van der Waals surface area contributed by atoms with Crippen molar-refractivity contribution < 1.29 is 33.5 Å². The van der Waals surface area contributed by atoms with Crippen molar-refractivity contribution >= 4 is 35.4 Å². The van der Waals surface area contributed by atoms with Gasteiger partial charge in [-0.25, -0.2) is 19.9 Å². The maximum absolute atomic E-state index is 14.3. The van der Waals surface area contributed by atoms with Crippen molar-refractivity contribution in [1.29, 1.82) is 0 Å². The Labute approximate surface area is 262 Å². The van der Waals surface area contributed by atoms with Crippen molar-refractivity contribution in [3.63, 3.8) is 0 Å². The van der Waals surface area contributed by atoms with Crippen molar-refractivity contribution in [2.45, 2.75) is 121 Å². The molecule has 2 aliphatic carbocycles. The van der Waals surface area contributed by atoms with Crippen molar-refractivity contribution in [1.82, 2.24) is 41.1 Å². The van der Waals surface area contributed by atoms with Crippen LogP contribution in [0.4, 0.5) is 4.79 Å². The van der Waals surface area contributed by atoms with Crippen molar-refractivity contribution in [3.05, 3.63) is 18.7 Å². The Bertz CT molecular complexity index is 1320. The molecule has 4 N–H and O–H groups in total. The molecule has 2 aliphatic heterocycles. The van der Waals surface area contributed by atoms with Gasteiger partial charge in [-0.2, -0.15) is 5.10 Å². The van der Waals surface area contributed by atoms with E-state index in [2.05, 4.69) is 31.5 Å². The molecule has 0 unspecified atom stereocenters. The summed E-state index contributed by atoms with van der Waals surface area (Å²) in [4.78, 5) is 78.2. The zero-order valence-electron chi connectivity index (χ0n) is 26.3. The number of alkyl carbamates (subject to hydrolysis) is 1. The average molecular weight is 629 g/mol. The number of hydrogen-bond donors (Lipinski definition) is 4. The Morgan fingerprint density at radius 3 is 2.49 bits per heavy atom. The molecule has 4 amide bonds. The van der Waals surface area contributed by atoms with Crippen LogP contribution in [0.15, 0.2) is 18.7 Å². The summed E-state index contributed by atoms with van der Waals surface area (Å²) in [7, 11) is 0. The second-order valence-electron chi connectivity index (χ2n) is 13.5. The fourth-order valence-electron chi connectivity index (χ4n) is 6.04. The molecule has 45 heavy (non-hydrogen) atoms. The Hall–Kier alpha value is -4.01. The molecule has 15 heteroatoms. The lowest BCUT2D eigenvalue weighted by Crippen LogP contribution is -2.59. The van der Waals surface area contributed by atoms with Gasteiger partial charge in [-0.05, 0) is 56.4 Å².